The summed E-state index contributed by atoms with van der Waals surface area (Å²) in [6.45, 7) is 4.90. The first kappa shape index (κ1) is 16.0. The molecule has 0 spiro atoms. The van der Waals surface area contributed by atoms with Gasteiger partial charge in [-0.15, -0.1) is 16.9 Å². The Hall–Kier alpha value is -1.89. The molecule has 6 nitrogen and oxygen atoms in total. The van der Waals surface area contributed by atoms with E-state index in [9.17, 15) is 4.79 Å². The summed E-state index contributed by atoms with van der Waals surface area (Å²) >= 11 is 1.62. The minimum Gasteiger partial charge on any atom is -0.355 e. The van der Waals surface area contributed by atoms with Crippen LogP contribution >= 0.6 is 11.8 Å². The number of nitrogens with zero attached hydrogens (tertiary/aromatic N) is 4. The van der Waals surface area contributed by atoms with Crippen molar-refractivity contribution in [1.82, 2.24) is 25.5 Å². The third-order valence-corrected chi connectivity index (χ3v) is 5.36. The van der Waals surface area contributed by atoms with Gasteiger partial charge >= 0.3 is 0 Å². The van der Waals surface area contributed by atoms with Crippen molar-refractivity contribution in [1.29, 1.82) is 0 Å². The molecular weight excluding hydrogens is 310 g/mol. The number of rotatable bonds is 4. The molecule has 1 atom stereocenters. The van der Waals surface area contributed by atoms with Crippen molar-refractivity contribution >= 4 is 17.7 Å². The molecule has 1 saturated heterocycles. The summed E-state index contributed by atoms with van der Waals surface area (Å²) in [6, 6.07) is 6.14. The maximum absolute atomic E-state index is 12.0. The van der Waals surface area contributed by atoms with E-state index in [4.69, 9.17) is 0 Å². The van der Waals surface area contributed by atoms with Crippen LogP contribution in [0, 0.1) is 13.8 Å². The molecule has 1 N–H and O–H groups in total. The van der Waals surface area contributed by atoms with Crippen LogP contribution in [-0.4, -0.2) is 37.9 Å². The van der Waals surface area contributed by atoms with E-state index >= 15 is 0 Å². The number of aromatic nitrogens is 4. The summed E-state index contributed by atoms with van der Waals surface area (Å²) < 4.78 is 1.80. The lowest BCUT2D eigenvalue weighted by atomic mass is 10.1. The summed E-state index contributed by atoms with van der Waals surface area (Å²) in [6.07, 6.45) is 3.06. The molecule has 1 fully saturated rings. The molecule has 2 heterocycles. The average molecular weight is 331 g/mol. The standard InChI is InChI=1S/C16H21N5OS/c1-11-6-5-7-12(2)15(11)21-14(18-19-20-21)10-23-13-8-3-4-9-17-16(13)22/h5-7,13H,3-4,8-10H2,1-2H3,(H,17,22). The third-order valence-electron chi connectivity index (χ3n) is 4.08. The number of carbonyl (C=O) groups excluding carboxylic acids is 1. The fourth-order valence-electron chi connectivity index (χ4n) is 2.85. The Morgan fingerprint density at radius 1 is 1.30 bits per heavy atom. The van der Waals surface area contributed by atoms with Crippen molar-refractivity contribution < 1.29 is 4.79 Å². The van der Waals surface area contributed by atoms with Gasteiger partial charge in [0.25, 0.3) is 0 Å². The lowest BCUT2D eigenvalue weighted by molar-refractivity contribution is -0.120. The Labute approximate surface area is 140 Å². The molecule has 2 aromatic rings. The van der Waals surface area contributed by atoms with Crippen molar-refractivity contribution in [2.75, 3.05) is 6.54 Å². The smallest absolute Gasteiger partial charge is 0.233 e. The van der Waals surface area contributed by atoms with E-state index in [1.54, 1.807) is 16.4 Å². The number of aryl methyl sites for hydroxylation is 2. The SMILES string of the molecule is Cc1cccc(C)c1-n1nnnc1CSC1CCCCNC1=O. The quantitative estimate of drug-likeness (QED) is 0.929. The van der Waals surface area contributed by atoms with E-state index in [1.165, 1.54) is 0 Å². The van der Waals surface area contributed by atoms with Gasteiger partial charge in [-0.05, 0) is 48.2 Å². The van der Waals surface area contributed by atoms with Crippen LogP contribution in [0.25, 0.3) is 5.69 Å². The number of benzene rings is 1. The third kappa shape index (κ3) is 3.55. The van der Waals surface area contributed by atoms with Crippen molar-refractivity contribution in [2.45, 2.75) is 44.1 Å². The predicted octanol–water partition coefficient (Wildman–Crippen LogP) is 2.18. The highest BCUT2D eigenvalue weighted by molar-refractivity contribution is 7.99. The molecule has 1 aliphatic heterocycles. The van der Waals surface area contributed by atoms with Gasteiger partial charge in [-0.2, -0.15) is 4.68 Å². The molecule has 1 aliphatic rings. The number of tetrazole rings is 1. The number of hydrogen-bond acceptors (Lipinski definition) is 5. The lowest BCUT2D eigenvalue weighted by Gasteiger charge is -2.14. The first-order chi connectivity index (χ1) is 11.2. The van der Waals surface area contributed by atoms with E-state index in [1.807, 2.05) is 6.07 Å². The van der Waals surface area contributed by atoms with Gasteiger partial charge in [-0.3, -0.25) is 4.79 Å². The van der Waals surface area contributed by atoms with E-state index in [0.29, 0.717) is 5.75 Å². The van der Waals surface area contributed by atoms with Crippen LogP contribution in [0.3, 0.4) is 0 Å². The number of hydrogen-bond donors (Lipinski definition) is 1. The van der Waals surface area contributed by atoms with Crippen LogP contribution in [0.4, 0.5) is 0 Å². The first-order valence-electron chi connectivity index (χ1n) is 7.90. The van der Waals surface area contributed by atoms with Gasteiger partial charge in [-0.1, -0.05) is 24.6 Å². The number of para-hydroxylation sites is 1. The zero-order valence-electron chi connectivity index (χ0n) is 13.5. The average Bonchev–Trinajstić information content (AvgIpc) is 2.88. The van der Waals surface area contributed by atoms with Crippen LogP contribution in [-0.2, 0) is 10.5 Å². The van der Waals surface area contributed by atoms with E-state index in [2.05, 4.69) is 46.8 Å². The molecular formula is C16H21N5OS. The van der Waals surface area contributed by atoms with Gasteiger partial charge in [0.2, 0.25) is 5.91 Å². The molecule has 1 amide bonds. The van der Waals surface area contributed by atoms with Gasteiger partial charge in [0.05, 0.1) is 16.7 Å². The molecule has 1 aromatic heterocycles. The van der Waals surface area contributed by atoms with Crippen molar-refractivity contribution in [3.05, 3.63) is 35.2 Å². The van der Waals surface area contributed by atoms with Crippen molar-refractivity contribution in [3.8, 4) is 5.69 Å². The largest absolute Gasteiger partial charge is 0.355 e. The van der Waals surface area contributed by atoms with E-state index < -0.39 is 0 Å². The number of carbonyl (C=O) groups is 1. The molecule has 122 valence electrons. The summed E-state index contributed by atoms with van der Waals surface area (Å²) in [7, 11) is 0. The van der Waals surface area contributed by atoms with Crippen molar-refractivity contribution in [2.24, 2.45) is 0 Å². The van der Waals surface area contributed by atoms with Crippen LogP contribution in [0.1, 0.15) is 36.2 Å². The second-order valence-electron chi connectivity index (χ2n) is 5.83. The fraction of sp³-hybridized carbons (Fsp3) is 0.500. The van der Waals surface area contributed by atoms with Gasteiger partial charge in [-0.25, -0.2) is 0 Å². The zero-order chi connectivity index (χ0) is 16.2. The highest BCUT2D eigenvalue weighted by Gasteiger charge is 2.22. The normalized spacial score (nSPS) is 18.5. The Balaban J connectivity index is 1.78. The van der Waals surface area contributed by atoms with Gasteiger partial charge < -0.3 is 5.32 Å². The monoisotopic (exact) mass is 331 g/mol. The molecule has 0 radical (unpaired) electrons. The van der Waals surface area contributed by atoms with Gasteiger partial charge in [0, 0.05) is 6.54 Å². The predicted molar refractivity (Wildman–Crippen MR) is 90.6 cm³/mol. The Morgan fingerprint density at radius 3 is 2.87 bits per heavy atom. The molecule has 1 unspecified atom stereocenters. The topological polar surface area (TPSA) is 72.7 Å². The van der Waals surface area contributed by atoms with E-state index in [-0.39, 0.29) is 11.2 Å². The van der Waals surface area contributed by atoms with Crippen LogP contribution in [0.15, 0.2) is 18.2 Å². The molecule has 1 aromatic carbocycles. The van der Waals surface area contributed by atoms with Crippen molar-refractivity contribution in [3.63, 3.8) is 0 Å². The van der Waals surface area contributed by atoms with Gasteiger partial charge in [0.1, 0.15) is 0 Å². The summed E-state index contributed by atoms with van der Waals surface area (Å²) in [5.74, 6) is 1.54. The first-order valence-corrected chi connectivity index (χ1v) is 8.95. The maximum atomic E-state index is 12.0. The summed E-state index contributed by atoms with van der Waals surface area (Å²) in [5.41, 5.74) is 3.30. The lowest BCUT2D eigenvalue weighted by Crippen LogP contribution is -2.30. The molecule has 3 rings (SSSR count). The Morgan fingerprint density at radius 2 is 2.09 bits per heavy atom. The highest BCUT2D eigenvalue weighted by Crippen LogP contribution is 2.25. The van der Waals surface area contributed by atoms with E-state index in [0.717, 1.165) is 48.4 Å². The van der Waals surface area contributed by atoms with Crippen LogP contribution in [0.5, 0.6) is 0 Å². The zero-order valence-corrected chi connectivity index (χ0v) is 14.3. The summed E-state index contributed by atoms with van der Waals surface area (Å²) in [4.78, 5) is 12.0. The molecule has 0 aliphatic carbocycles. The van der Waals surface area contributed by atoms with Crippen LogP contribution < -0.4 is 5.32 Å². The Bertz CT molecular complexity index is 679. The molecule has 0 saturated carbocycles. The molecule has 23 heavy (non-hydrogen) atoms. The highest BCUT2D eigenvalue weighted by atomic mass is 32.2. The number of amides is 1. The fourth-order valence-corrected chi connectivity index (χ4v) is 3.95. The minimum atomic E-state index is -0.0133. The minimum absolute atomic E-state index is 0.0133. The molecule has 0 bridgehead atoms. The Kier molecular flexibility index (Phi) is 4.95. The number of thioether (sulfide) groups is 1. The van der Waals surface area contributed by atoms with Gasteiger partial charge in [0.15, 0.2) is 5.82 Å². The maximum Gasteiger partial charge on any atom is 0.233 e. The summed E-state index contributed by atoms with van der Waals surface area (Å²) in [5, 5.41) is 15.1. The van der Waals surface area contributed by atoms with Crippen LogP contribution in [0.2, 0.25) is 0 Å². The second-order valence-corrected chi connectivity index (χ2v) is 7.02. The second kappa shape index (κ2) is 7.12. The molecule has 7 heteroatoms. The number of nitrogens with one attached hydrogen (secondary N) is 1.